The van der Waals surface area contributed by atoms with Crippen LogP contribution in [0.4, 0.5) is 0 Å². The van der Waals surface area contributed by atoms with Crippen LogP contribution in [0.1, 0.15) is 27.2 Å². The number of hydrogen-bond acceptors (Lipinski definition) is 3. The second kappa shape index (κ2) is 5.92. The Hall–Kier alpha value is -2.82. The van der Waals surface area contributed by atoms with Gasteiger partial charge in [0.2, 0.25) is 11.5 Å². The minimum absolute atomic E-state index is 0.0634. The second-order valence-electron chi connectivity index (χ2n) is 6.78. The van der Waals surface area contributed by atoms with Crippen LogP contribution in [0.25, 0.3) is 0 Å². The van der Waals surface area contributed by atoms with Crippen LogP contribution < -0.4 is 5.32 Å². The van der Waals surface area contributed by atoms with Crippen molar-refractivity contribution in [3.8, 4) is 5.75 Å². The van der Waals surface area contributed by atoms with Crippen molar-refractivity contribution >= 4 is 11.5 Å². The van der Waals surface area contributed by atoms with Crippen molar-refractivity contribution in [1.82, 2.24) is 9.88 Å². The Bertz CT molecular complexity index is 917. The molecule has 1 aliphatic carbocycles. The van der Waals surface area contributed by atoms with E-state index in [0.29, 0.717) is 12.2 Å². The maximum absolute atomic E-state index is 12.9. The molecule has 0 unspecified atom stereocenters. The number of carbonyl (C=O) groups excluding carboxylic acids is 1. The van der Waals surface area contributed by atoms with Gasteiger partial charge in [-0.25, -0.2) is 4.58 Å². The van der Waals surface area contributed by atoms with E-state index < -0.39 is 0 Å². The van der Waals surface area contributed by atoms with E-state index >= 15 is 0 Å². The number of aromatic nitrogens is 1. The van der Waals surface area contributed by atoms with Crippen LogP contribution in [0.3, 0.4) is 0 Å². The largest absolute Gasteiger partial charge is 0.508 e. The highest BCUT2D eigenvalue weighted by Crippen LogP contribution is 2.28. The van der Waals surface area contributed by atoms with Crippen LogP contribution in [-0.4, -0.2) is 45.9 Å². The average Bonchev–Trinajstić information content (AvgIpc) is 2.93. The quantitative estimate of drug-likeness (QED) is 0.835. The number of phenolic OH excluding ortho intramolecular Hbond substituents is 1. The van der Waals surface area contributed by atoms with Gasteiger partial charge in [0.25, 0.3) is 0 Å². The number of nitrogens with one attached hydrogen (secondary N) is 1. The first-order chi connectivity index (χ1) is 12.0. The zero-order chi connectivity index (χ0) is 17.6. The summed E-state index contributed by atoms with van der Waals surface area (Å²) in [6.07, 6.45) is 5.85. The highest BCUT2D eigenvalue weighted by Gasteiger charge is 2.36. The van der Waals surface area contributed by atoms with E-state index in [9.17, 15) is 9.90 Å². The minimum atomic E-state index is 0.0634. The number of hydrogen-bond donors (Lipinski definition) is 2. The summed E-state index contributed by atoms with van der Waals surface area (Å²) in [5.41, 5.74) is 6.06. The summed E-state index contributed by atoms with van der Waals surface area (Å²) in [5.74, 6) is 0.333. The molecule has 5 heteroatoms. The molecule has 0 saturated heterocycles. The number of phenols is 1. The molecule has 4 rings (SSSR count). The van der Waals surface area contributed by atoms with E-state index in [1.54, 1.807) is 12.1 Å². The van der Waals surface area contributed by atoms with Gasteiger partial charge in [-0.05, 0) is 29.7 Å². The fraction of sp³-hybridized carbons (Fsp3) is 0.300. The number of aromatic hydroxyl groups is 1. The summed E-state index contributed by atoms with van der Waals surface area (Å²) >= 11 is 0. The lowest BCUT2D eigenvalue weighted by Gasteiger charge is -2.19. The molecule has 1 aliphatic heterocycles. The molecule has 0 spiro atoms. The Morgan fingerprint density at radius 2 is 2.04 bits per heavy atom. The van der Waals surface area contributed by atoms with Crippen molar-refractivity contribution < 1.29 is 14.5 Å². The van der Waals surface area contributed by atoms with E-state index in [0.717, 1.165) is 41.9 Å². The van der Waals surface area contributed by atoms with Crippen molar-refractivity contribution in [2.24, 2.45) is 7.05 Å². The van der Waals surface area contributed by atoms with E-state index in [1.165, 1.54) is 5.56 Å². The van der Waals surface area contributed by atoms with Gasteiger partial charge in [-0.1, -0.05) is 12.1 Å². The first-order valence-corrected chi connectivity index (χ1v) is 8.59. The molecule has 0 bridgehead atoms. The number of benzene rings is 1. The predicted molar refractivity (Wildman–Crippen MR) is 96.5 cm³/mol. The second-order valence-corrected chi connectivity index (χ2v) is 6.78. The molecule has 128 valence electrons. The molecule has 0 saturated carbocycles. The van der Waals surface area contributed by atoms with Gasteiger partial charge in [-0.2, -0.15) is 0 Å². The minimum Gasteiger partial charge on any atom is -0.508 e. The van der Waals surface area contributed by atoms with Gasteiger partial charge in [-0.3, -0.25) is 4.79 Å². The molecule has 2 heterocycles. The zero-order valence-corrected chi connectivity index (χ0v) is 14.5. The smallest absolute Gasteiger partial charge is 0.226 e. The van der Waals surface area contributed by atoms with Crippen LogP contribution in [0.15, 0.2) is 42.2 Å². The average molecular weight is 336 g/mol. The highest BCUT2D eigenvalue weighted by atomic mass is 16.3. The molecule has 0 atom stereocenters. The summed E-state index contributed by atoms with van der Waals surface area (Å²) in [4.78, 5) is 12.9. The molecule has 5 nitrogen and oxygen atoms in total. The first-order valence-electron chi connectivity index (χ1n) is 8.59. The van der Waals surface area contributed by atoms with Crippen LogP contribution in [0, 0.1) is 0 Å². The van der Waals surface area contributed by atoms with Gasteiger partial charge >= 0.3 is 0 Å². The van der Waals surface area contributed by atoms with E-state index in [1.807, 2.05) is 29.8 Å². The van der Waals surface area contributed by atoms with Crippen molar-refractivity contribution in [3.05, 3.63) is 64.6 Å². The maximum atomic E-state index is 12.9. The fourth-order valence-corrected chi connectivity index (χ4v) is 3.69. The Kier molecular flexibility index (Phi) is 3.71. The summed E-state index contributed by atoms with van der Waals surface area (Å²) in [6.45, 7) is 1.64. The van der Waals surface area contributed by atoms with Gasteiger partial charge in [0, 0.05) is 32.3 Å². The third-order valence-electron chi connectivity index (χ3n) is 5.05. The molecular formula is C20H22N3O2+. The number of carbonyl (C=O) groups is 1. The summed E-state index contributed by atoms with van der Waals surface area (Å²) < 4.78 is 4.18. The van der Waals surface area contributed by atoms with Crippen molar-refractivity contribution in [1.29, 1.82) is 0 Å². The lowest BCUT2D eigenvalue weighted by Crippen LogP contribution is -2.34. The Labute approximate surface area is 146 Å². The molecule has 1 aromatic heterocycles. The number of Topliss-reactive ketones (excluding diaryl/α,β-unsaturated/α-hetero) is 1. The summed E-state index contributed by atoms with van der Waals surface area (Å²) in [6, 6.07) is 7.18. The standard InChI is InChI=1S/C20H21N3O2/c1-22-10-8-14-12-23(2)19-18(14)17(22)11-16(20(19)25)21-9-7-13-3-5-15(24)6-4-13/h3-6,11-12,24H,7-10H2,1-2H3/p+1. The van der Waals surface area contributed by atoms with Crippen molar-refractivity contribution in [3.63, 3.8) is 0 Å². The molecule has 2 aliphatic rings. The van der Waals surface area contributed by atoms with Crippen LogP contribution in [-0.2, 0) is 19.9 Å². The van der Waals surface area contributed by atoms with Gasteiger partial charge < -0.3 is 15.0 Å². The van der Waals surface area contributed by atoms with E-state index in [2.05, 4.69) is 23.1 Å². The molecule has 2 N–H and O–H groups in total. The van der Waals surface area contributed by atoms with Gasteiger partial charge in [0.05, 0.1) is 11.3 Å². The molecule has 0 amide bonds. The molecular weight excluding hydrogens is 314 g/mol. The molecule has 0 radical (unpaired) electrons. The predicted octanol–water partition coefficient (Wildman–Crippen LogP) is 1.63. The molecule has 2 aromatic rings. The third kappa shape index (κ3) is 2.65. The number of ketones is 1. The normalized spacial score (nSPS) is 15.9. The molecule has 0 fully saturated rings. The third-order valence-corrected chi connectivity index (χ3v) is 5.05. The number of likely N-dealkylation sites (N-methyl/N-ethyl adjacent to an activating group) is 1. The van der Waals surface area contributed by atoms with Crippen molar-refractivity contribution in [2.75, 3.05) is 20.1 Å². The number of aryl methyl sites for hydroxylation is 1. The topological polar surface area (TPSA) is 57.3 Å². The molecule has 25 heavy (non-hydrogen) atoms. The van der Waals surface area contributed by atoms with Gasteiger partial charge in [-0.15, -0.1) is 0 Å². The Morgan fingerprint density at radius 1 is 1.28 bits per heavy atom. The SMILES string of the molecule is Cn1cc2c3c1C(=O)C(NCCc1ccc(O)cc1)=CC3=[N+](C)CC2. The number of rotatable bonds is 4. The first kappa shape index (κ1) is 15.7. The van der Waals surface area contributed by atoms with E-state index in [4.69, 9.17) is 0 Å². The van der Waals surface area contributed by atoms with Gasteiger partial charge in [0.15, 0.2) is 0 Å². The van der Waals surface area contributed by atoms with Crippen molar-refractivity contribution in [2.45, 2.75) is 12.8 Å². The molecule has 1 aromatic carbocycles. The summed E-state index contributed by atoms with van der Waals surface area (Å²) in [7, 11) is 4.03. The maximum Gasteiger partial charge on any atom is 0.226 e. The lowest BCUT2D eigenvalue weighted by molar-refractivity contribution is -0.497. The van der Waals surface area contributed by atoms with Gasteiger partial charge in [0.1, 0.15) is 25.0 Å². The number of allylic oxidation sites excluding steroid dienone is 2. The Morgan fingerprint density at radius 3 is 2.80 bits per heavy atom. The number of nitrogens with zero attached hydrogens (tertiary/aromatic N) is 2. The fourth-order valence-electron chi connectivity index (χ4n) is 3.69. The van der Waals surface area contributed by atoms with Crippen LogP contribution in [0.2, 0.25) is 0 Å². The van der Waals surface area contributed by atoms with Crippen LogP contribution in [0.5, 0.6) is 5.75 Å². The Balaban J connectivity index is 1.57. The highest BCUT2D eigenvalue weighted by molar-refractivity contribution is 6.24. The van der Waals surface area contributed by atoms with Crippen LogP contribution >= 0.6 is 0 Å². The zero-order valence-electron chi connectivity index (χ0n) is 14.5. The van der Waals surface area contributed by atoms with E-state index in [-0.39, 0.29) is 11.5 Å². The monoisotopic (exact) mass is 336 g/mol. The summed E-state index contributed by atoms with van der Waals surface area (Å²) in [5, 5.41) is 12.7. The lowest BCUT2D eigenvalue weighted by atomic mass is 9.91.